The summed E-state index contributed by atoms with van der Waals surface area (Å²) in [6, 6.07) is 0. The Morgan fingerprint density at radius 3 is 2.76 bits per heavy atom. The highest BCUT2D eigenvalue weighted by molar-refractivity contribution is 5.77. The largest absolute Gasteiger partial charge is 0.386 e. The summed E-state index contributed by atoms with van der Waals surface area (Å²) in [7, 11) is 0. The molecule has 0 aliphatic carbocycles. The standard InChI is InChI=1S/C13H24N2O2/c1-10(2)13(17)8-15(9-13)12(16)6-11-4-3-5-14-7-11/h10-11,14,17H,3-9H2,1-2H3. The first-order valence-electron chi connectivity index (χ1n) is 6.72. The number of piperidine rings is 1. The van der Waals surface area contributed by atoms with E-state index in [0.717, 1.165) is 19.5 Å². The van der Waals surface area contributed by atoms with Crippen molar-refractivity contribution >= 4 is 5.91 Å². The summed E-state index contributed by atoms with van der Waals surface area (Å²) in [5.41, 5.74) is -0.638. The van der Waals surface area contributed by atoms with Crippen LogP contribution in [0.15, 0.2) is 0 Å². The molecule has 17 heavy (non-hydrogen) atoms. The summed E-state index contributed by atoms with van der Waals surface area (Å²) in [6.45, 7) is 7.10. The van der Waals surface area contributed by atoms with Crippen LogP contribution in [0, 0.1) is 11.8 Å². The SMILES string of the molecule is CC(C)C1(O)CN(C(=O)CC2CCCNC2)C1. The predicted octanol–water partition coefficient (Wildman–Crippen LogP) is 0.605. The van der Waals surface area contributed by atoms with Crippen molar-refractivity contribution in [3.63, 3.8) is 0 Å². The Labute approximate surface area is 103 Å². The second-order valence-electron chi connectivity index (χ2n) is 5.92. The van der Waals surface area contributed by atoms with E-state index in [9.17, 15) is 9.90 Å². The minimum Gasteiger partial charge on any atom is -0.386 e. The number of nitrogens with one attached hydrogen (secondary N) is 1. The summed E-state index contributed by atoms with van der Waals surface area (Å²) in [6.07, 6.45) is 2.97. The van der Waals surface area contributed by atoms with Gasteiger partial charge in [0.05, 0.1) is 13.1 Å². The van der Waals surface area contributed by atoms with Crippen molar-refractivity contribution in [3.05, 3.63) is 0 Å². The van der Waals surface area contributed by atoms with Crippen LogP contribution in [0.3, 0.4) is 0 Å². The van der Waals surface area contributed by atoms with Crippen LogP contribution >= 0.6 is 0 Å². The summed E-state index contributed by atoms with van der Waals surface area (Å²) >= 11 is 0. The molecule has 2 N–H and O–H groups in total. The Balaban J connectivity index is 1.75. The average Bonchev–Trinajstić information content (AvgIpc) is 2.25. The van der Waals surface area contributed by atoms with Crippen LogP contribution in [0.2, 0.25) is 0 Å². The van der Waals surface area contributed by atoms with Crippen molar-refractivity contribution in [2.75, 3.05) is 26.2 Å². The van der Waals surface area contributed by atoms with Gasteiger partial charge in [-0.3, -0.25) is 4.79 Å². The topological polar surface area (TPSA) is 52.6 Å². The van der Waals surface area contributed by atoms with Gasteiger partial charge < -0.3 is 15.3 Å². The van der Waals surface area contributed by atoms with Gasteiger partial charge in [0.25, 0.3) is 0 Å². The minimum absolute atomic E-state index is 0.212. The highest BCUT2D eigenvalue weighted by Gasteiger charge is 2.45. The van der Waals surface area contributed by atoms with E-state index in [-0.39, 0.29) is 11.8 Å². The molecule has 1 atom stereocenters. The first-order valence-corrected chi connectivity index (χ1v) is 6.72. The van der Waals surface area contributed by atoms with Gasteiger partial charge in [0.2, 0.25) is 5.91 Å². The zero-order valence-electron chi connectivity index (χ0n) is 10.9. The van der Waals surface area contributed by atoms with E-state index in [4.69, 9.17) is 0 Å². The van der Waals surface area contributed by atoms with Gasteiger partial charge >= 0.3 is 0 Å². The Bertz CT molecular complexity index is 279. The van der Waals surface area contributed by atoms with Crippen LogP contribution in [-0.4, -0.2) is 47.7 Å². The highest BCUT2D eigenvalue weighted by Crippen LogP contribution is 2.29. The molecule has 0 aromatic rings. The molecule has 2 aliphatic rings. The zero-order valence-corrected chi connectivity index (χ0v) is 10.9. The maximum atomic E-state index is 12.0. The molecule has 1 unspecified atom stereocenters. The van der Waals surface area contributed by atoms with Crippen molar-refractivity contribution in [1.82, 2.24) is 10.2 Å². The summed E-state index contributed by atoms with van der Waals surface area (Å²) in [4.78, 5) is 13.8. The number of aliphatic hydroxyl groups is 1. The highest BCUT2D eigenvalue weighted by atomic mass is 16.3. The van der Waals surface area contributed by atoms with Gasteiger partial charge in [-0.05, 0) is 37.8 Å². The van der Waals surface area contributed by atoms with Gasteiger partial charge in [-0.25, -0.2) is 0 Å². The number of carbonyl (C=O) groups excluding carboxylic acids is 1. The lowest BCUT2D eigenvalue weighted by Gasteiger charge is -2.49. The number of hydrogen-bond donors (Lipinski definition) is 2. The van der Waals surface area contributed by atoms with Crippen LogP contribution in [0.5, 0.6) is 0 Å². The third-order valence-electron chi connectivity index (χ3n) is 4.22. The lowest BCUT2D eigenvalue weighted by Crippen LogP contribution is -2.66. The molecule has 0 radical (unpaired) electrons. The van der Waals surface area contributed by atoms with E-state index in [1.165, 1.54) is 6.42 Å². The molecule has 2 rings (SSSR count). The first kappa shape index (κ1) is 12.8. The van der Waals surface area contributed by atoms with Gasteiger partial charge in [-0.1, -0.05) is 13.8 Å². The molecule has 0 saturated carbocycles. The summed E-state index contributed by atoms with van der Waals surface area (Å²) < 4.78 is 0. The Morgan fingerprint density at radius 1 is 1.53 bits per heavy atom. The van der Waals surface area contributed by atoms with Gasteiger partial charge in [-0.2, -0.15) is 0 Å². The van der Waals surface area contributed by atoms with Crippen molar-refractivity contribution in [3.8, 4) is 0 Å². The van der Waals surface area contributed by atoms with Crippen LogP contribution in [-0.2, 0) is 4.79 Å². The molecule has 2 heterocycles. The van der Waals surface area contributed by atoms with Crippen molar-refractivity contribution in [2.24, 2.45) is 11.8 Å². The molecule has 98 valence electrons. The van der Waals surface area contributed by atoms with E-state index in [1.54, 1.807) is 4.90 Å². The monoisotopic (exact) mass is 240 g/mol. The summed E-state index contributed by atoms with van der Waals surface area (Å²) in [5.74, 6) is 0.927. The molecule has 1 amide bonds. The van der Waals surface area contributed by atoms with Gasteiger partial charge in [0.1, 0.15) is 5.60 Å². The number of nitrogens with zero attached hydrogens (tertiary/aromatic N) is 1. The minimum atomic E-state index is -0.638. The smallest absolute Gasteiger partial charge is 0.223 e. The average molecular weight is 240 g/mol. The Morgan fingerprint density at radius 2 is 2.24 bits per heavy atom. The van der Waals surface area contributed by atoms with E-state index in [1.807, 2.05) is 13.8 Å². The number of rotatable bonds is 3. The fourth-order valence-corrected chi connectivity index (χ4v) is 2.63. The molecule has 0 bridgehead atoms. The van der Waals surface area contributed by atoms with E-state index >= 15 is 0 Å². The van der Waals surface area contributed by atoms with E-state index < -0.39 is 5.60 Å². The summed E-state index contributed by atoms with van der Waals surface area (Å²) in [5, 5.41) is 13.4. The number of hydrogen-bond acceptors (Lipinski definition) is 3. The van der Waals surface area contributed by atoms with E-state index in [2.05, 4.69) is 5.32 Å². The predicted molar refractivity (Wildman–Crippen MR) is 66.6 cm³/mol. The van der Waals surface area contributed by atoms with Crippen molar-refractivity contribution in [1.29, 1.82) is 0 Å². The van der Waals surface area contributed by atoms with Crippen molar-refractivity contribution in [2.45, 2.75) is 38.7 Å². The fraction of sp³-hybridized carbons (Fsp3) is 0.923. The maximum Gasteiger partial charge on any atom is 0.223 e. The van der Waals surface area contributed by atoms with Crippen LogP contribution in [0.25, 0.3) is 0 Å². The molecule has 0 spiro atoms. The third kappa shape index (κ3) is 2.80. The normalized spacial score (nSPS) is 28.0. The Kier molecular flexibility index (Phi) is 3.73. The lowest BCUT2D eigenvalue weighted by atomic mass is 9.82. The molecule has 4 heteroatoms. The maximum absolute atomic E-state index is 12.0. The molecule has 2 saturated heterocycles. The first-order chi connectivity index (χ1) is 8.01. The van der Waals surface area contributed by atoms with Crippen molar-refractivity contribution < 1.29 is 9.90 Å². The van der Waals surface area contributed by atoms with Crippen LogP contribution in [0.4, 0.5) is 0 Å². The molecular formula is C13H24N2O2. The van der Waals surface area contributed by atoms with Crippen LogP contribution < -0.4 is 5.32 Å². The molecule has 0 aromatic heterocycles. The number of carbonyl (C=O) groups is 1. The quantitative estimate of drug-likeness (QED) is 0.760. The lowest BCUT2D eigenvalue weighted by molar-refractivity contribution is -0.164. The second kappa shape index (κ2) is 4.94. The second-order valence-corrected chi connectivity index (χ2v) is 5.92. The van der Waals surface area contributed by atoms with Crippen LogP contribution in [0.1, 0.15) is 33.1 Å². The van der Waals surface area contributed by atoms with Gasteiger partial charge in [0, 0.05) is 6.42 Å². The number of amides is 1. The Hall–Kier alpha value is -0.610. The number of likely N-dealkylation sites (tertiary alicyclic amines) is 1. The molecule has 2 aliphatic heterocycles. The molecule has 0 aromatic carbocycles. The van der Waals surface area contributed by atoms with Gasteiger partial charge in [0.15, 0.2) is 0 Å². The fourth-order valence-electron chi connectivity index (χ4n) is 2.63. The molecule has 2 fully saturated rings. The van der Waals surface area contributed by atoms with E-state index in [0.29, 0.717) is 25.4 Å². The molecular weight excluding hydrogens is 216 g/mol. The third-order valence-corrected chi connectivity index (χ3v) is 4.22. The van der Waals surface area contributed by atoms with Gasteiger partial charge in [-0.15, -0.1) is 0 Å². The number of β-amino-alcohol motifs (C(OH)–C–C–N with tert-alkyl or cyclic N) is 1. The zero-order chi connectivity index (χ0) is 12.5. The molecule has 4 nitrogen and oxygen atoms in total.